The van der Waals surface area contributed by atoms with Gasteiger partial charge in [-0.05, 0) is 12.3 Å². The molecule has 98 valence electrons. The normalized spacial score (nSPS) is 13.6. The first-order valence-electron chi connectivity index (χ1n) is 6.81. The molecule has 0 amide bonds. The van der Waals surface area contributed by atoms with Crippen LogP contribution < -0.4 is 5.32 Å². The Labute approximate surface area is 106 Å². The minimum atomic E-state index is 0.501. The van der Waals surface area contributed by atoms with Gasteiger partial charge in [0.1, 0.15) is 5.82 Å². The van der Waals surface area contributed by atoms with Crippen LogP contribution in [0.4, 0.5) is 0 Å². The molecule has 1 aromatic heterocycles. The first-order chi connectivity index (χ1) is 8.06. The van der Waals surface area contributed by atoms with Crippen LogP contribution in [-0.4, -0.2) is 22.1 Å². The van der Waals surface area contributed by atoms with Crippen molar-refractivity contribution in [1.29, 1.82) is 0 Å². The van der Waals surface area contributed by atoms with E-state index in [-0.39, 0.29) is 0 Å². The van der Waals surface area contributed by atoms with Gasteiger partial charge in [-0.15, -0.1) is 0 Å². The van der Waals surface area contributed by atoms with Crippen LogP contribution in [0.25, 0.3) is 0 Å². The highest BCUT2D eigenvalue weighted by atomic mass is 15.1. The van der Waals surface area contributed by atoms with E-state index in [1.165, 1.54) is 5.82 Å². The Hall–Kier alpha value is -0.830. The minimum Gasteiger partial charge on any atom is -0.330 e. The summed E-state index contributed by atoms with van der Waals surface area (Å²) in [4.78, 5) is 4.47. The number of imidazole rings is 1. The second-order valence-electron chi connectivity index (χ2n) is 5.38. The first kappa shape index (κ1) is 14.2. The summed E-state index contributed by atoms with van der Waals surface area (Å²) < 4.78 is 2.35. The summed E-state index contributed by atoms with van der Waals surface area (Å²) in [6.07, 6.45) is 6.27. The van der Waals surface area contributed by atoms with Crippen LogP contribution in [0.1, 0.15) is 52.9 Å². The van der Waals surface area contributed by atoms with Gasteiger partial charge in [0.25, 0.3) is 0 Å². The minimum absolute atomic E-state index is 0.501. The largest absolute Gasteiger partial charge is 0.330 e. The fraction of sp³-hybridized carbons (Fsp3) is 0.786. The van der Waals surface area contributed by atoms with Crippen molar-refractivity contribution in [2.75, 3.05) is 6.54 Å². The highest BCUT2D eigenvalue weighted by Gasteiger charge is 2.17. The standard InChI is InChI=1S/C14H27N3/c1-6-7-14-15-8-9-17(14)13(11(2)3)10-16-12(4)5/h8-9,11-13,16H,6-7,10H2,1-5H3. The molecule has 1 N–H and O–H groups in total. The highest BCUT2D eigenvalue weighted by Crippen LogP contribution is 2.19. The van der Waals surface area contributed by atoms with Gasteiger partial charge in [-0.3, -0.25) is 0 Å². The monoisotopic (exact) mass is 237 g/mol. The number of nitrogens with zero attached hydrogens (tertiary/aromatic N) is 2. The molecule has 3 nitrogen and oxygen atoms in total. The summed E-state index contributed by atoms with van der Waals surface area (Å²) >= 11 is 0. The lowest BCUT2D eigenvalue weighted by Gasteiger charge is -2.26. The van der Waals surface area contributed by atoms with Crippen LogP contribution in [0, 0.1) is 5.92 Å². The molecule has 0 aliphatic carbocycles. The van der Waals surface area contributed by atoms with Crippen molar-refractivity contribution in [2.45, 2.75) is 59.5 Å². The first-order valence-corrected chi connectivity index (χ1v) is 6.81. The number of hydrogen-bond donors (Lipinski definition) is 1. The molecule has 0 aliphatic heterocycles. The van der Waals surface area contributed by atoms with E-state index < -0.39 is 0 Å². The highest BCUT2D eigenvalue weighted by molar-refractivity contribution is 4.96. The molecule has 1 atom stereocenters. The number of rotatable bonds is 7. The molecule has 0 saturated heterocycles. The average Bonchev–Trinajstić information content (AvgIpc) is 2.66. The molecule has 3 heteroatoms. The Morgan fingerprint density at radius 2 is 2.00 bits per heavy atom. The molecule has 0 aliphatic rings. The third kappa shape index (κ3) is 4.15. The zero-order valence-corrected chi connectivity index (χ0v) is 11.9. The number of aryl methyl sites for hydroxylation is 1. The SMILES string of the molecule is CCCc1nccn1C(CNC(C)C)C(C)C. The molecule has 1 heterocycles. The zero-order valence-electron chi connectivity index (χ0n) is 11.9. The van der Waals surface area contributed by atoms with Crippen molar-refractivity contribution in [2.24, 2.45) is 5.92 Å². The van der Waals surface area contributed by atoms with Crippen LogP contribution in [0.2, 0.25) is 0 Å². The van der Waals surface area contributed by atoms with Gasteiger partial charge >= 0.3 is 0 Å². The molecule has 0 bridgehead atoms. The lowest BCUT2D eigenvalue weighted by molar-refractivity contribution is 0.338. The van der Waals surface area contributed by atoms with Crippen molar-refractivity contribution in [3.8, 4) is 0 Å². The van der Waals surface area contributed by atoms with Gasteiger partial charge in [0, 0.05) is 37.4 Å². The van der Waals surface area contributed by atoms with E-state index in [4.69, 9.17) is 0 Å². The number of hydrogen-bond acceptors (Lipinski definition) is 2. The lowest BCUT2D eigenvalue weighted by Crippen LogP contribution is -2.33. The molecular weight excluding hydrogens is 210 g/mol. The second-order valence-corrected chi connectivity index (χ2v) is 5.38. The van der Waals surface area contributed by atoms with Crippen molar-refractivity contribution in [3.05, 3.63) is 18.2 Å². The van der Waals surface area contributed by atoms with Crippen LogP contribution in [0.5, 0.6) is 0 Å². The summed E-state index contributed by atoms with van der Waals surface area (Å²) in [6, 6.07) is 1.04. The summed E-state index contributed by atoms with van der Waals surface area (Å²) in [5, 5.41) is 3.54. The number of nitrogens with one attached hydrogen (secondary N) is 1. The molecule has 1 unspecified atom stereocenters. The van der Waals surface area contributed by atoms with E-state index in [1.54, 1.807) is 0 Å². The maximum absolute atomic E-state index is 4.47. The molecule has 1 rings (SSSR count). The smallest absolute Gasteiger partial charge is 0.108 e. The molecule has 0 fully saturated rings. The summed E-state index contributed by atoms with van der Waals surface area (Å²) in [7, 11) is 0. The third-order valence-electron chi connectivity index (χ3n) is 3.08. The van der Waals surface area contributed by atoms with E-state index in [0.717, 1.165) is 19.4 Å². The molecule has 17 heavy (non-hydrogen) atoms. The Bertz CT molecular complexity index is 315. The molecular formula is C14H27N3. The van der Waals surface area contributed by atoms with E-state index in [2.05, 4.69) is 55.7 Å². The Morgan fingerprint density at radius 3 is 2.53 bits per heavy atom. The van der Waals surface area contributed by atoms with Gasteiger partial charge in [0.05, 0.1) is 0 Å². The van der Waals surface area contributed by atoms with Crippen LogP contribution in [0.15, 0.2) is 12.4 Å². The van der Waals surface area contributed by atoms with E-state index in [0.29, 0.717) is 18.0 Å². The zero-order chi connectivity index (χ0) is 12.8. The van der Waals surface area contributed by atoms with E-state index in [1.807, 2.05) is 6.20 Å². The van der Waals surface area contributed by atoms with Gasteiger partial charge in [-0.25, -0.2) is 4.98 Å². The average molecular weight is 237 g/mol. The maximum Gasteiger partial charge on any atom is 0.108 e. The summed E-state index contributed by atoms with van der Waals surface area (Å²) in [5.74, 6) is 1.84. The van der Waals surface area contributed by atoms with Crippen LogP contribution in [0.3, 0.4) is 0 Å². The summed E-state index contributed by atoms with van der Waals surface area (Å²) in [6.45, 7) is 12.2. The fourth-order valence-electron chi connectivity index (χ4n) is 2.07. The molecule has 1 aromatic rings. The molecule has 0 saturated carbocycles. The van der Waals surface area contributed by atoms with E-state index >= 15 is 0 Å². The lowest BCUT2D eigenvalue weighted by atomic mass is 10.0. The van der Waals surface area contributed by atoms with Gasteiger partial charge in [-0.1, -0.05) is 34.6 Å². The Kier molecular flexibility index (Phi) is 5.69. The maximum atomic E-state index is 4.47. The predicted octanol–water partition coefficient (Wildman–Crippen LogP) is 3.03. The van der Waals surface area contributed by atoms with Crippen molar-refractivity contribution in [3.63, 3.8) is 0 Å². The van der Waals surface area contributed by atoms with Crippen molar-refractivity contribution >= 4 is 0 Å². The second kappa shape index (κ2) is 6.80. The van der Waals surface area contributed by atoms with Crippen molar-refractivity contribution < 1.29 is 0 Å². The third-order valence-corrected chi connectivity index (χ3v) is 3.08. The van der Waals surface area contributed by atoms with Crippen LogP contribution >= 0.6 is 0 Å². The fourth-order valence-corrected chi connectivity index (χ4v) is 2.07. The number of aromatic nitrogens is 2. The van der Waals surface area contributed by atoms with Crippen molar-refractivity contribution in [1.82, 2.24) is 14.9 Å². The van der Waals surface area contributed by atoms with Gasteiger partial charge in [0.15, 0.2) is 0 Å². The molecule has 0 spiro atoms. The van der Waals surface area contributed by atoms with Gasteiger partial charge in [0.2, 0.25) is 0 Å². The van der Waals surface area contributed by atoms with Gasteiger partial charge < -0.3 is 9.88 Å². The van der Waals surface area contributed by atoms with E-state index in [9.17, 15) is 0 Å². The topological polar surface area (TPSA) is 29.9 Å². The predicted molar refractivity (Wildman–Crippen MR) is 73.2 cm³/mol. The Balaban J connectivity index is 2.78. The van der Waals surface area contributed by atoms with Gasteiger partial charge in [-0.2, -0.15) is 0 Å². The van der Waals surface area contributed by atoms with Crippen LogP contribution in [-0.2, 0) is 6.42 Å². The molecule has 0 aromatic carbocycles. The quantitative estimate of drug-likeness (QED) is 0.790. The summed E-state index contributed by atoms with van der Waals surface area (Å²) in [5.41, 5.74) is 0. The molecule has 0 radical (unpaired) electrons. The Morgan fingerprint density at radius 1 is 1.29 bits per heavy atom.